The molecule has 0 saturated heterocycles. The van der Waals surface area contributed by atoms with Crippen LogP contribution in [0, 0.1) is 0 Å². The van der Waals surface area contributed by atoms with Crippen molar-refractivity contribution in [3.8, 4) is 34.5 Å². The molecule has 0 radical (unpaired) electrons. The molecule has 0 aliphatic heterocycles. The average Bonchev–Trinajstić information content (AvgIpc) is 2.75. The molecule has 154 valence electrons. The SMILES string of the molecule is COc1cc(C(N)C(N)c2cc(OC)c(OC)c(OC)c2)cc(OC)c1OC. The molecular weight excluding hydrogens is 364 g/mol. The summed E-state index contributed by atoms with van der Waals surface area (Å²) < 4.78 is 32.3. The highest BCUT2D eigenvalue weighted by atomic mass is 16.5. The first-order valence-corrected chi connectivity index (χ1v) is 8.56. The molecule has 2 aromatic carbocycles. The molecule has 28 heavy (non-hydrogen) atoms. The van der Waals surface area contributed by atoms with Gasteiger partial charge in [-0.15, -0.1) is 0 Å². The van der Waals surface area contributed by atoms with Gasteiger partial charge in [0.2, 0.25) is 11.5 Å². The summed E-state index contributed by atoms with van der Waals surface area (Å²) >= 11 is 0. The fourth-order valence-corrected chi connectivity index (χ4v) is 3.00. The molecule has 0 heterocycles. The van der Waals surface area contributed by atoms with Gasteiger partial charge < -0.3 is 39.9 Å². The molecule has 8 nitrogen and oxygen atoms in total. The van der Waals surface area contributed by atoms with E-state index in [4.69, 9.17) is 39.9 Å². The van der Waals surface area contributed by atoms with Crippen LogP contribution in [0.3, 0.4) is 0 Å². The van der Waals surface area contributed by atoms with Gasteiger partial charge in [-0.3, -0.25) is 0 Å². The number of rotatable bonds is 9. The van der Waals surface area contributed by atoms with Crippen molar-refractivity contribution in [2.45, 2.75) is 12.1 Å². The quantitative estimate of drug-likeness (QED) is 0.670. The van der Waals surface area contributed by atoms with E-state index < -0.39 is 12.1 Å². The van der Waals surface area contributed by atoms with Crippen LogP contribution in [0.15, 0.2) is 24.3 Å². The molecule has 0 fully saturated rings. The minimum absolute atomic E-state index is 0.488. The lowest BCUT2D eigenvalue weighted by atomic mass is 9.93. The molecule has 2 rings (SSSR count). The maximum atomic E-state index is 6.47. The van der Waals surface area contributed by atoms with Crippen LogP contribution in [-0.2, 0) is 0 Å². The van der Waals surface area contributed by atoms with E-state index in [-0.39, 0.29) is 0 Å². The molecule has 0 bridgehead atoms. The van der Waals surface area contributed by atoms with Crippen molar-refractivity contribution in [1.29, 1.82) is 0 Å². The summed E-state index contributed by atoms with van der Waals surface area (Å²) in [4.78, 5) is 0. The van der Waals surface area contributed by atoms with Crippen LogP contribution in [0.4, 0.5) is 0 Å². The second kappa shape index (κ2) is 9.38. The van der Waals surface area contributed by atoms with Crippen molar-refractivity contribution in [3.05, 3.63) is 35.4 Å². The smallest absolute Gasteiger partial charge is 0.203 e. The van der Waals surface area contributed by atoms with Crippen molar-refractivity contribution < 1.29 is 28.4 Å². The Labute approximate surface area is 165 Å². The van der Waals surface area contributed by atoms with Crippen LogP contribution < -0.4 is 39.9 Å². The predicted molar refractivity (Wildman–Crippen MR) is 106 cm³/mol. The van der Waals surface area contributed by atoms with Crippen LogP contribution in [0.5, 0.6) is 34.5 Å². The number of hydrogen-bond donors (Lipinski definition) is 2. The van der Waals surface area contributed by atoms with E-state index in [1.807, 2.05) is 0 Å². The third-order valence-electron chi connectivity index (χ3n) is 4.53. The molecule has 0 aromatic heterocycles. The zero-order chi connectivity index (χ0) is 20.8. The fraction of sp³-hybridized carbons (Fsp3) is 0.400. The van der Waals surface area contributed by atoms with Crippen molar-refractivity contribution >= 4 is 0 Å². The topological polar surface area (TPSA) is 107 Å². The van der Waals surface area contributed by atoms with Gasteiger partial charge in [-0.1, -0.05) is 0 Å². The first-order valence-electron chi connectivity index (χ1n) is 8.56. The van der Waals surface area contributed by atoms with Crippen LogP contribution in [0.2, 0.25) is 0 Å². The lowest BCUT2D eigenvalue weighted by Gasteiger charge is -2.24. The summed E-state index contributed by atoms with van der Waals surface area (Å²) in [6.45, 7) is 0. The Kier molecular flexibility index (Phi) is 7.19. The van der Waals surface area contributed by atoms with Crippen LogP contribution in [-0.4, -0.2) is 42.7 Å². The van der Waals surface area contributed by atoms with Gasteiger partial charge in [0.25, 0.3) is 0 Å². The van der Waals surface area contributed by atoms with Crippen molar-refractivity contribution in [2.24, 2.45) is 11.5 Å². The Morgan fingerprint density at radius 2 is 0.750 bits per heavy atom. The van der Waals surface area contributed by atoms with E-state index in [0.717, 1.165) is 11.1 Å². The third-order valence-corrected chi connectivity index (χ3v) is 4.53. The Bertz CT molecular complexity index is 694. The van der Waals surface area contributed by atoms with Gasteiger partial charge in [0, 0.05) is 12.1 Å². The van der Waals surface area contributed by atoms with Crippen LogP contribution in [0.1, 0.15) is 23.2 Å². The lowest BCUT2D eigenvalue weighted by molar-refractivity contribution is 0.322. The lowest BCUT2D eigenvalue weighted by Crippen LogP contribution is -2.26. The van der Waals surface area contributed by atoms with Gasteiger partial charge in [-0.25, -0.2) is 0 Å². The number of hydrogen-bond acceptors (Lipinski definition) is 8. The van der Waals surface area contributed by atoms with Crippen LogP contribution in [0.25, 0.3) is 0 Å². The molecule has 0 spiro atoms. The Morgan fingerprint density at radius 3 is 0.929 bits per heavy atom. The first-order chi connectivity index (χ1) is 13.4. The maximum Gasteiger partial charge on any atom is 0.203 e. The molecule has 0 aliphatic rings. The minimum Gasteiger partial charge on any atom is -0.493 e. The molecule has 0 aliphatic carbocycles. The average molecular weight is 392 g/mol. The normalized spacial score (nSPS) is 12.7. The van der Waals surface area contributed by atoms with E-state index in [2.05, 4.69) is 0 Å². The monoisotopic (exact) mass is 392 g/mol. The summed E-state index contributed by atoms with van der Waals surface area (Å²) in [6, 6.07) is 6.01. The minimum atomic E-state index is -0.559. The number of methoxy groups -OCH3 is 6. The third kappa shape index (κ3) is 4.02. The summed E-state index contributed by atoms with van der Waals surface area (Å²) in [6.07, 6.45) is 0. The Hall–Kier alpha value is -2.84. The second-order valence-electron chi connectivity index (χ2n) is 5.97. The highest BCUT2D eigenvalue weighted by Gasteiger charge is 2.24. The molecule has 0 saturated carbocycles. The summed E-state index contributed by atoms with van der Waals surface area (Å²) in [7, 11) is 9.28. The van der Waals surface area contributed by atoms with Crippen molar-refractivity contribution in [2.75, 3.05) is 42.7 Å². The van der Waals surface area contributed by atoms with E-state index in [9.17, 15) is 0 Å². The molecule has 2 aromatic rings. The second-order valence-corrected chi connectivity index (χ2v) is 5.97. The number of benzene rings is 2. The summed E-state index contributed by atoms with van der Waals surface area (Å²) in [5.74, 6) is 2.99. The van der Waals surface area contributed by atoms with Crippen molar-refractivity contribution in [3.63, 3.8) is 0 Å². The zero-order valence-electron chi connectivity index (χ0n) is 17.1. The van der Waals surface area contributed by atoms with Crippen molar-refractivity contribution in [1.82, 2.24) is 0 Å². The molecule has 4 N–H and O–H groups in total. The maximum absolute atomic E-state index is 6.47. The predicted octanol–water partition coefficient (Wildman–Crippen LogP) is 2.44. The van der Waals surface area contributed by atoms with Gasteiger partial charge in [0.1, 0.15) is 0 Å². The molecule has 8 heteroatoms. The molecule has 2 atom stereocenters. The first kappa shape index (κ1) is 21.5. The highest BCUT2D eigenvalue weighted by Crippen LogP contribution is 2.43. The highest BCUT2D eigenvalue weighted by molar-refractivity contribution is 5.56. The van der Waals surface area contributed by atoms with E-state index in [1.165, 1.54) is 0 Å². The number of ether oxygens (including phenoxy) is 6. The van der Waals surface area contributed by atoms with E-state index >= 15 is 0 Å². The fourth-order valence-electron chi connectivity index (χ4n) is 3.00. The van der Waals surface area contributed by atoms with Crippen LogP contribution >= 0.6 is 0 Å². The molecular formula is C20H28N2O6. The van der Waals surface area contributed by atoms with E-state index in [1.54, 1.807) is 66.9 Å². The van der Waals surface area contributed by atoms with Gasteiger partial charge >= 0.3 is 0 Å². The van der Waals surface area contributed by atoms with E-state index in [0.29, 0.717) is 34.5 Å². The van der Waals surface area contributed by atoms with Gasteiger partial charge in [0.05, 0.1) is 42.7 Å². The Balaban J connectivity index is 2.48. The Morgan fingerprint density at radius 1 is 0.500 bits per heavy atom. The standard InChI is InChI=1S/C20H28N2O6/c1-23-13-7-11(8-14(24-2)19(13)27-5)17(21)18(22)12-9-15(25-3)20(28-6)16(10-12)26-4/h7-10,17-18H,21-22H2,1-6H3. The molecule has 2 unspecified atom stereocenters. The largest absolute Gasteiger partial charge is 0.493 e. The summed E-state index contributed by atoms with van der Waals surface area (Å²) in [5.41, 5.74) is 14.4. The van der Waals surface area contributed by atoms with Gasteiger partial charge in [-0.05, 0) is 35.4 Å². The zero-order valence-corrected chi connectivity index (χ0v) is 17.1. The molecule has 0 amide bonds. The number of nitrogens with two attached hydrogens (primary N) is 2. The summed E-state index contributed by atoms with van der Waals surface area (Å²) in [5, 5.41) is 0. The van der Waals surface area contributed by atoms with Gasteiger partial charge in [-0.2, -0.15) is 0 Å². The van der Waals surface area contributed by atoms with Gasteiger partial charge in [0.15, 0.2) is 23.0 Å².